The molecule has 1 heteroatoms. The van der Waals surface area contributed by atoms with Crippen LogP contribution in [0.4, 0.5) is 0 Å². The van der Waals surface area contributed by atoms with E-state index in [2.05, 4.69) is 11.9 Å². The minimum Gasteiger partial charge on any atom is -0.296 e. The molecule has 0 amide bonds. The normalized spacial score (nSPS) is 27.2. The molecule has 0 atom stereocenters. The Bertz CT molecular complexity index is 143. The summed E-state index contributed by atoms with van der Waals surface area (Å²) in [7, 11) is 4.23. The molecule has 2 saturated carbocycles. The lowest BCUT2D eigenvalue weighted by molar-refractivity contribution is 0.218. The Kier molecular flexibility index (Phi) is 3.26. The standard InChI is InChI=1S/C12H22N/c1-13(12-9-10-12)11-7-5-3-2-4-6-8-11/h11-12H,1-10H2. The zero-order valence-corrected chi connectivity index (χ0v) is 8.67. The third-order valence-corrected chi connectivity index (χ3v) is 3.56. The zero-order valence-electron chi connectivity index (χ0n) is 8.67. The first-order chi connectivity index (χ1) is 6.38. The molecule has 0 aliphatic heterocycles. The van der Waals surface area contributed by atoms with E-state index < -0.39 is 0 Å². The van der Waals surface area contributed by atoms with Gasteiger partial charge in [0.1, 0.15) is 0 Å². The molecule has 0 saturated heterocycles. The third-order valence-electron chi connectivity index (χ3n) is 3.56. The molecule has 2 rings (SSSR count). The van der Waals surface area contributed by atoms with Gasteiger partial charge in [-0.3, -0.25) is 4.90 Å². The third kappa shape index (κ3) is 2.70. The van der Waals surface area contributed by atoms with E-state index in [9.17, 15) is 0 Å². The Morgan fingerprint density at radius 3 is 1.69 bits per heavy atom. The highest BCUT2D eigenvalue weighted by atomic mass is 15.2. The van der Waals surface area contributed by atoms with Gasteiger partial charge in [-0.1, -0.05) is 32.1 Å². The van der Waals surface area contributed by atoms with E-state index >= 15 is 0 Å². The first-order valence-electron chi connectivity index (χ1n) is 5.97. The van der Waals surface area contributed by atoms with Crippen molar-refractivity contribution in [2.75, 3.05) is 0 Å². The second kappa shape index (κ2) is 4.45. The highest BCUT2D eigenvalue weighted by Crippen LogP contribution is 2.31. The molecule has 75 valence electrons. The van der Waals surface area contributed by atoms with E-state index in [1.54, 1.807) is 0 Å². The molecule has 0 spiro atoms. The van der Waals surface area contributed by atoms with Crippen LogP contribution in [-0.2, 0) is 0 Å². The fourth-order valence-electron chi connectivity index (χ4n) is 2.47. The molecule has 0 N–H and O–H groups in total. The number of hydrogen-bond donors (Lipinski definition) is 0. The second-order valence-electron chi connectivity index (χ2n) is 4.74. The van der Waals surface area contributed by atoms with Crippen molar-refractivity contribution in [3.8, 4) is 0 Å². The maximum Gasteiger partial charge on any atom is 0.0115 e. The lowest BCUT2D eigenvalue weighted by atomic mass is 9.96. The molecule has 1 radical (unpaired) electrons. The summed E-state index contributed by atoms with van der Waals surface area (Å²) in [5.41, 5.74) is 0. The van der Waals surface area contributed by atoms with Crippen LogP contribution >= 0.6 is 0 Å². The van der Waals surface area contributed by atoms with Crippen molar-refractivity contribution in [3.05, 3.63) is 7.05 Å². The summed E-state index contributed by atoms with van der Waals surface area (Å²) >= 11 is 0. The van der Waals surface area contributed by atoms with Crippen molar-refractivity contribution in [1.82, 2.24) is 4.90 Å². The van der Waals surface area contributed by atoms with Crippen molar-refractivity contribution < 1.29 is 0 Å². The van der Waals surface area contributed by atoms with E-state index in [0.29, 0.717) is 0 Å². The fourth-order valence-corrected chi connectivity index (χ4v) is 2.47. The maximum atomic E-state index is 4.23. The van der Waals surface area contributed by atoms with Gasteiger partial charge in [0, 0.05) is 19.1 Å². The highest BCUT2D eigenvalue weighted by Gasteiger charge is 2.30. The van der Waals surface area contributed by atoms with Crippen LogP contribution in [0.2, 0.25) is 0 Å². The van der Waals surface area contributed by atoms with Crippen LogP contribution in [0.25, 0.3) is 0 Å². The number of rotatable bonds is 2. The van der Waals surface area contributed by atoms with Crippen LogP contribution in [-0.4, -0.2) is 17.0 Å². The predicted molar refractivity (Wildman–Crippen MR) is 56.3 cm³/mol. The molecule has 0 bridgehead atoms. The van der Waals surface area contributed by atoms with Crippen LogP contribution in [0.3, 0.4) is 0 Å². The molecule has 0 heterocycles. The van der Waals surface area contributed by atoms with Gasteiger partial charge in [-0.25, -0.2) is 0 Å². The van der Waals surface area contributed by atoms with Crippen molar-refractivity contribution >= 4 is 0 Å². The Hall–Kier alpha value is -0.0400. The van der Waals surface area contributed by atoms with Crippen LogP contribution in [0.5, 0.6) is 0 Å². The minimum atomic E-state index is 0.813. The average Bonchev–Trinajstić information content (AvgIpc) is 2.84. The zero-order chi connectivity index (χ0) is 9.10. The first-order valence-corrected chi connectivity index (χ1v) is 5.97. The molecule has 0 aromatic heterocycles. The quantitative estimate of drug-likeness (QED) is 0.630. The van der Waals surface area contributed by atoms with E-state index in [-0.39, 0.29) is 0 Å². The molecule has 2 aliphatic rings. The van der Waals surface area contributed by atoms with Gasteiger partial charge in [-0.05, 0) is 25.7 Å². The molecular weight excluding hydrogens is 158 g/mol. The Balaban J connectivity index is 1.80. The molecule has 0 aromatic carbocycles. The largest absolute Gasteiger partial charge is 0.296 e. The molecule has 2 aliphatic carbocycles. The van der Waals surface area contributed by atoms with Crippen LogP contribution in [0.1, 0.15) is 57.8 Å². The first kappa shape index (κ1) is 9.51. The smallest absolute Gasteiger partial charge is 0.0115 e. The number of nitrogens with zero attached hydrogens (tertiary/aromatic N) is 1. The summed E-state index contributed by atoms with van der Waals surface area (Å²) in [5, 5.41) is 0. The fraction of sp³-hybridized carbons (Fsp3) is 0.917. The summed E-state index contributed by atoms with van der Waals surface area (Å²) in [5.74, 6) is 0. The van der Waals surface area contributed by atoms with E-state index in [0.717, 1.165) is 12.1 Å². The lowest BCUT2D eigenvalue weighted by Gasteiger charge is -2.29. The summed E-state index contributed by atoms with van der Waals surface area (Å²) in [6.07, 6.45) is 12.9. The Morgan fingerprint density at radius 2 is 1.15 bits per heavy atom. The SMILES string of the molecule is [CH2]N(C1CCCCCCC1)C1CC1. The van der Waals surface area contributed by atoms with Crippen molar-refractivity contribution in [2.45, 2.75) is 69.9 Å². The topological polar surface area (TPSA) is 3.24 Å². The van der Waals surface area contributed by atoms with Crippen LogP contribution < -0.4 is 0 Å². The molecule has 0 unspecified atom stereocenters. The van der Waals surface area contributed by atoms with Crippen molar-refractivity contribution in [1.29, 1.82) is 0 Å². The monoisotopic (exact) mass is 180 g/mol. The molecule has 2 fully saturated rings. The predicted octanol–water partition coefficient (Wildman–Crippen LogP) is 3.36. The molecule has 0 aromatic rings. The lowest BCUT2D eigenvalue weighted by Crippen LogP contribution is -2.32. The Morgan fingerprint density at radius 1 is 0.692 bits per heavy atom. The number of hydrogen-bond acceptors (Lipinski definition) is 1. The van der Waals surface area contributed by atoms with Crippen LogP contribution in [0.15, 0.2) is 0 Å². The second-order valence-corrected chi connectivity index (χ2v) is 4.74. The van der Waals surface area contributed by atoms with Gasteiger partial charge in [-0.2, -0.15) is 0 Å². The van der Waals surface area contributed by atoms with Gasteiger partial charge in [0.2, 0.25) is 0 Å². The Labute approximate surface area is 82.5 Å². The maximum absolute atomic E-state index is 4.23. The molecule has 13 heavy (non-hydrogen) atoms. The highest BCUT2D eigenvalue weighted by molar-refractivity contribution is 4.88. The van der Waals surface area contributed by atoms with Gasteiger partial charge in [0.05, 0.1) is 0 Å². The summed E-state index contributed by atoms with van der Waals surface area (Å²) in [6.45, 7) is 0. The summed E-state index contributed by atoms with van der Waals surface area (Å²) in [4.78, 5) is 2.42. The van der Waals surface area contributed by atoms with Crippen molar-refractivity contribution in [2.24, 2.45) is 0 Å². The van der Waals surface area contributed by atoms with E-state index in [1.165, 1.54) is 57.8 Å². The molecular formula is C12H22N. The van der Waals surface area contributed by atoms with E-state index in [4.69, 9.17) is 0 Å². The van der Waals surface area contributed by atoms with Crippen LogP contribution in [0, 0.1) is 7.05 Å². The average molecular weight is 180 g/mol. The van der Waals surface area contributed by atoms with Gasteiger partial charge in [-0.15, -0.1) is 0 Å². The summed E-state index contributed by atoms with van der Waals surface area (Å²) in [6, 6.07) is 1.66. The van der Waals surface area contributed by atoms with E-state index in [1.807, 2.05) is 0 Å². The summed E-state index contributed by atoms with van der Waals surface area (Å²) < 4.78 is 0. The minimum absolute atomic E-state index is 0.813. The van der Waals surface area contributed by atoms with Crippen molar-refractivity contribution in [3.63, 3.8) is 0 Å². The van der Waals surface area contributed by atoms with Gasteiger partial charge >= 0.3 is 0 Å². The van der Waals surface area contributed by atoms with Gasteiger partial charge in [0.15, 0.2) is 0 Å². The molecule has 1 nitrogen and oxygen atoms in total. The van der Waals surface area contributed by atoms with Gasteiger partial charge < -0.3 is 0 Å². The van der Waals surface area contributed by atoms with Gasteiger partial charge in [0.25, 0.3) is 0 Å².